The van der Waals surface area contributed by atoms with Gasteiger partial charge >= 0.3 is 0 Å². The zero-order valence-electron chi connectivity index (χ0n) is 16.7. The van der Waals surface area contributed by atoms with Gasteiger partial charge in [0.25, 0.3) is 5.91 Å². The van der Waals surface area contributed by atoms with Gasteiger partial charge in [0.05, 0.1) is 28.8 Å². The largest absolute Gasteiger partial charge is 0.506 e. The van der Waals surface area contributed by atoms with Crippen LogP contribution >= 0.6 is 44.1 Å². The summed E-state index contributed by atoms with van der Waals surface area (Å²) in [5, 5.41) is 15.4. The lowest BCUT2D eigenvalue weighted by Crippen LogP contribution is -2.34. The standard InChI is InChI=1S/C20H22Br2N2O5S/c1-4-27-15-7-11(8-16(28-5-2)18(15)29-6-3)19(26)24-20(30)23-12-9-13(21)17(25)14(22)10-12/h7-10,25H,4-6H2,1-3H3,(H2,23,24,26,30). The molecule has 0 aliphatic rings. The van der Waals surface area contributed by atoms with Crippen LogP contribution in [-0.4, -0.2) is 35.9 Å². The van der Waals surface area contributed by atoms with Crippen molar-refractivity contribution in [2.24, 2.45) is 0 Å². The number of carbonyl (C=O) groups is 1. The number of aromatic hydroxyl groups is 1. The van der Waals surface area contributed by atoms with Crippen molar-refractivity contribution in [1.82, 2.24) is 5.32 Å². The quantitative estimate of drug-likeness (QED) is 0.300. The van der Waals surface area contributed by atoms with E-state index in [9.17, 15) is 9.90 Å². The Morgan fingerprint density at radius 3 is 1.93 bits per heavy atom. The summed E-state index contributed by atoms with van der Waals surface area (Å²) in [7, 11) is 0. The van der Waals surface area contributed by atoms with Crippen molar-refractivity contribution < 1.29 is 24.1 Å². The zero-order valence-corrected chi connectivity index (χ0v) is 20.7. The van der Waals surface area contributed by atoms with E-state index in [1.807, 2.05) is 20.8 Å². The minimum atomic E-state index is -0.436. The zero-order chi connectivity index (χ0) is 22.3. The number of nitrogens with one attached hydrogen (secondary N) is 2. The first-order valence-electron chi connectivity index (χ1n) is 9.17. The predicted molar refractivity (Wildman–Crippen MR) is 127 cm³/mol. The molecule has 2 aromatic carbocycles. The molecular formula is C20H22Br2N2O5S. The smallest absolute Gasteiger partial charge is 0.257 e. The fourth-order valence-corrected chi connectivity index (χ4v) is 3.89. The van der Waals surface area contributed by atoms with E-state index in [-0.39, 0.29) is 10.9 Å². The molecule has 0 aromatic heterocycles. The van der Waals surface area contributed by atoms with Crippen LogP contribution in [-0.2, 0) is 0 Å². The molecule has 162 valence electrons. The summed E-state index contributed by atoms with van der Waals surface area (Å²) in [5.41, 5.74) is 0.885. The van der Waals surface area contributed by atoms with Crippen LogP contribution in [0.5, 0.6) is 23.0 Å². The first kappa shape index (κ1) is 24.2. The maximum absolute atomic E-state index is 12.8. The van der Waals surface area contributed by atoms with Gasteiger partial charge in [0.1, 0.15) is 5.75 Å². The molecular weight excluding hydrogens is 540 g/mol. The number of thiocarbonyl (C=S) groups is 1. The Kier molecular flexibility index (Phi) is 9.19. The summed E-state index contributed by atoms with van der Waals surface area (Å²) in [5.74, 6) is 0.921. The lowest BCUT2D eigenvalue weighted by Gasteiger charge is -2.17. The summed E-state index contributed by atoms with van der Waals surface area (Å²) in [6.07, 6.45) is 0. The SMILES string of the molecule is CCOc1cc(C(=O)NC(=S)Nc2cc(Br)c(O)c(Br)c2)cc(OCC)c1OCC. The van der Waals surface area contributed by atoms with E-state index in [1.54, 1.807) is 24.3 Å². The minimum absolute atomic E-state index is 0.0665. The number of carbonyl (C=O) groups excluding carboxylic acids is 1. The third-order valence-corrected chi connectivity index (χ3v) is 5.09. The first-order valence-corrected chi connectivity index (χ1v) is 11.2. The number of anilines is 1. The van der Waals surface area contributed by atoms with Gasteiger partial charge in [-0.15, -0.1) is 0 Å². The fraction of sp³-hybridized carbons (Fsp3) is 0.300. The van der Waals surface area contributed by atoms with Gasteiger partial charge in [-0.1, -0.05) is 0 Å². The Morgan fingerprint density at radius 2 is 1.47 bits per heavy atom. The maximum Gasteiger partial charge on any atom is 0.257 e. The van der Waals surface area contributed by atoms with E-state index in [0.29, 0.717) is 57.3 Å². The average molecular weight is 562 g/mol. The first-order chi connectivity index (χ1) is 14.3. The fourth-order valence-electron chi connectivity index (χ4n) is 2.50. The summed E-state index contributed by atoms with van der Waals surface area (Å²) in [6, 6.07) is 6.44. The average Bonchev–Trinajstić information content (AvgIpc) is 2.68. The van der Waals surface area contributed by atoms with Crippen LogP contribution in [0.2, 0.25) is 0 Å². The molecule has 0 saturated carbocycles. The molecule has 0 spiro atoms. The number of phenols is 1. The molecule has 3 N–H and O–H groups in total. The Hall–Kier alpha value is -2.04. The van der Waals surface area contributed by atoms with Gasteiger partial charge in [-0.25, -0.2) is 0 Å². The second kappa shape index (κ2) is 11.4. The van der Waals surface area contributed by atoms with Crippen molar-refractivity contribution in [1.29, 1.82) is 0 Å². The number of benzene rings is 2. The Labute approximate surface area is 197 Å². The molecule has 1 amide bonds. The van der Waals surface area contributed by atoms with Gasteiger partial charge in [-0.05, 0) is 89.1 Å². The number of ether oxygens (including phenoxy) is 3. The van der Waals surface area contributed by atoms with Crippen molar-refractivity contribution in [3.8, 4) is 23.0 Å². The Bertz CT molecular complexity index is 889. The van der Waals surface area contributed by atoms with E-state index in [0.717, 1.165) is 0 Å². The number of hydrogen-bond donors (Lipinski definition) is 3. The summed E-state index contributed by atoms with van der Waals surface area (Å²) < 4.78 is 17.9. The van der Waals surface area contributed by atoms with Gasteiger partial charge in [0.2, 0.25) is 5.75 Å². The van der Waals surface area contributed by atoms with Gasteiger partial charge in [0, 0.05) is 11.3 Å². The van der Waals surface area contributed by atoms with Crippen LogP contribution in [0.25, 0.3) is 0 Å². The summed E-state index contributed by atoms with van der Waals surface area (Å²) >= 11 is 11.7. The van der Waals surface area contributed by atoms with Gasteiger partial charge in [0.15, 0.2) is 16.6 Å². The third kappa shape index (κ3) is 6.23. The molecule has 0 aliphatic carbocycles. The molecule has 30 heavy (non-hydrogen) atoms. The van der Waals surface area contributed by atoms with Crippen LogP contribution in [0.15, 0.2) is 33.2 Å². The number of amides is 1. The Balaban J connectivity index is 2.23. The van der Waals surface area contributed by atoms with Gasteiger partial charge < -0.3 is 24.6 Å². The normalized spacial score (nSPS) is 10.3. The highest BCUT2D eigenvalue weighted by Crippen LogP contribution is 2.39. The van der Waals surface area contributed by atoms with E-state index >= 15 is 0 Å². The maximum atomic E-state index is 12.8. The summed E-state index contributed by atoms with van der Waals surface area (Å²) in [4.78, 5) is 12.8. The van der Waals surface area contributed by atoms with Crippen molar-refractivity contribution >= 4 is 60.8 Å². The van der Waals surface area contributed by atoms with E-state index in [4.69, 9.17) is 26.4 Å². The molecule has 0 unspecified atom stereocenters. The lowest BCUT2D eigenvalue weighted by molar-refractivity contribution is 0.0976. The number of halogens is 2. The predicted octanol–water partition coefficient (Wildman–Crippen LogP) is 5.24. The molecule has 7 nitrogen and oxygen atoms in total. The molecule has 0 saturated heterocycles. The van der Waals surface area contributed by atoms with Crippen LogP contribution in [0.4, 0.5) is 5.69 Å². The molecule has 0 fully saturated rings. The highest BCUT2D eigenvalue weighted by molar-refractivity contribution is 9.11. The molecule has 0 heterocycles. The second-order valence-corrected chi connectivity index (χ2v) is 7.91. The molecule has 0 bridgehead atoms. The molecule has 0 radical (unpaired) electrons. The molecule has 2 rings (SSSR count). The molecule has 10 heteroatoms. The van der Waals surface area contributed by atoms with E-state index in [2.05, 4.69) is 42.5 Å². The van der Waals surface area contributed by atoms with Crippen molar-refractivity contribution in [2.45, 2.75) is 20.8 Å². The van der Waals surface area contributed by atoms with Crippen molar-refractivity contribution in [3.63, 3.8) is 0 Å². The monoisotopic (exact) mass is 560 g/mol. The van der Waals surface area contributed by atoms with Gasteiger partial charge in [-0.2, -0.15) is 0 Å². The number of phenolic OH excluding ortho intramolecular Hbond substituents is 1. The highest BCUT2D eigenvalue weighted by Gasteiger charge is 2.19. The number of rotatable bonds is 8. The van der Waals surface area contributed by atoms with Crippen LogP contribution in [0, 0.1) is 0 Å². The topological polar surface area (TPSA) is 89.1 Å². The number of hydrogen-bond acceptors (Lipinski definition) is 6. The van der Waals surface area contributed by atoms with Crippen molar-refractivity contribution in [2.75, 3.05) is 25.1 Å². The van der Waals surface area contributed by atoms with Gasteiger partial charge in [-0.3, -0.25) is 10.1 Å². The highest BCUT2D eigenvalue weighted by atomic mass is 79.9. The third-order valence-electron chi connectivity index (χ3n) is 3.67. The lowest BCUT2D eigenvalue weighted by atomic mass is 10.1. The minimum Gasteiger partial charge on any atom is -0.506 e. The van der Waals surface area contributed by atoms with Crippen LogP contribution in [0.3, 0.4) is 0 Å². The second-order valence-electron chi connectivity index (χ2n) is 5.80. The Morgan fingerprint density at radius 1 is 0.967 bits per heavy atom. The van der Waals surface area contributed by atoms with Crippen LogP contribution in [0.1, 0.15) is 31.1 Å². The molecule has 0 atom stereocenters. The van der Waals surface area contributed by atoms with Crippen LogP contribution < -0.4 is 24.8 Å². The van der Waals surface area contributed by atoms with Crippen molar-refractivity contribution in [3.05, 3.63) is 38.8 Å². The molecule has 0 aliphatic heterocycles. The summed E-state index contributed by atoms with van der Waals surface area (Å²) in [6.45, 7) is 6.78. The van der Waals surface area contributed by atoms with E-state index in [1.165, 1.54) is 0 Å². The molecule has 2 aromatic rings. The van der Waals surface area contributed by atoms with E-state index < -0.39 is 5.91 Å².